The van der Waals surface area contributed by atoms with Crippen LogP contribution in [-0.4, -0.2) is 38.8 Å². The van der Waals surface area contributed by atoms with Crippen LogP contribution in [0.1, 0.15) is 11.1 Å². The molecule has 29 heavy (non-hydrogen) atoms. The van der Waals surface area contributed by atoms with Gasteiger partial charge < -0.3 is 19.7 Å². The van der Waals surface area contributed by atoms with Crippen molar-refractivity contribution in [3.63, 3.8) is 0 Å². The zero-order valence-electron chi connectivity index (χ0n) is 15.7. The Bertz CT molecular complexity index is 884. The molecule has 0 unspecified atom stereocenters. The van der Waals surface area contributed by atoms with Gasteiger partial charge in [0.25, 0.3) is 5.91 Å². The van der Waals surface area contributed by atoms with Gasteiger partial charge in [-0.15, -0.1) is 0 Å². The number of nitrogens with one attached hydrogen (secondary N) is 1. The van der Waals surface area contributed by atoms with E-state index < -0.39 is 17.6 Å². The van der Waals surface area contributed by atoms with Gasteiger partial charge in [-0.3, -0.25) is 4.79 Å². The third kappa shape index (κ3) is 5.55. The number of nitrogens with zero attached hydrogens (tertiary/aromatic N) is 1. The van der Waals surface area contributed by atoms with Crippen molar-refractivity contribution in [2.75, 3.05) is 43.1 Å². The van der Waals surface area contributed by atoms with E-state index in [9.17, 15) is 18.0 Å². The van der Waals surface area contributed by atoms with Crippen LogP contribution in [-0.2, 0) is 15.7 Å². The van der Waals surface area contributed by atoms with Crippen molar-refractivity contribution in [2.24, 2.45) is 0 Å². The van der Waals surface area contributed by atoms with Crippen molar-refractivity contribution in [3.8, 4) is 5.75 Å². The highest BCUT2D eigenvalue weighted by molar-refractivity contribution is 6.30. The molecule has 3 rings (SSSR count). The van der Waals surface area contributed by atoms with E-state index in [4.69, 9.17) is 21.1 Å². The maximum absolute atomic E-state index is 13.1. The highest BCUT2D eigenvalue weighted by atomic mass is 35.5. The van der Waals surface area contributed by atoms with Crippen molar-refractivity contribution in [1.29, 1.82) is 0 Å². The third-order valence-corrected chi connectivity index (χ3v) is 4.68. The largest absolute Gasteiger partial charge is 0.483 e. The Kier molecular flexibility index (Phi) is 6.54. The molecular weight excluding hydrogens is 409 g/mol. The van der Waals surface area contributed by atoms with E-state index in [0.29, 0.717) is 42.8 Å². The molecule has 2 aromatic rings. The number of halogens is 4. The molecule has 1 N–H and O–H groups in total. The molecule has 1 heterocycles. The topological polar surface area (TPSA) is 50.8 Å². The highest BCUT2D eigenvalue weighted by Crippen LogP contribution is 2.35. The average Bonchev–Trinajstić information content (AvgIpc) is 2.67. The highest BCUT2D eigenvalue weighted by Gasteiger charge is 2.32. The molecule has 0 spiro atoms. The minimum absolute atomic E-state index is 0.0863. The Labute approximate surface area is 171 Å². The SMILES string of the molecule is Cc1cc(Cl)ccc1OCC(=O)Nc1cc(C(F)(F)F)ccc1N1CCOCC1. The number of ether oxygens (including phenoxy) is 2. The molecular formula is C20H20ClF3N2O3. The van der Waals surface area contributed by atoms with Gasteiger partial charge in [-0.25, -0.2) is 0 Å². The number of amides is 1. The first-order chi connectivity index (χ1) is 13.7. The minimum Gasteiger partial charge on any atom is -0.483 e. The first-order valence-corrected chi connectivity index (χ1v) is 9.34. The van der Waals surface area contributed by atoms with Gasteiger partial charge in [0.05, 0.1) is 30.2 Å². The summed E-state index contributed by atoms with van der Waals surface area (Å²) in [5, 5.41) is 3.09. The van der Waals surface area contributed by atoms with E-state index in [2.05, 4.69) is 5.32 Å². The van der Waals surface area contributed by atoms with Gasteiger partial charge in [-0.2, -0.15) is 13.2 Å². The van der Waals surface area contributed by atoms with E-state index >= 15 is 0 Å². The first kappa shape index (κ1) is 21.3. The van der Waals surface area contributed by atoms with Crippen LogP contribution in [0.5, 0.6) is 5.75 Å². The molecule has 0 radical (unpaired) electrons. The molecule has 5 nitrogen and oxygen atoms in total. The van der Waals surface area contributed by atoms with E-state index in [-0.39, 0.29) is 12.3 Å². The molecule has 156 valence electrons. The van der Waals surface area contributed by atoms with Gasteiger partial charge in [0.1, 0.15) is 5.75 Å². The van der Waals surface area contributed by atoms with Gasteiger partial charge in [0.15, 0.2) is 6.61 Å². The summed E-state index contributed by atoms with van der Waals surface area (Å²) in [5.74, 6) is -0.0878. The summed E-state index contributed by atoms with van der Waals surface area (Å²) in [4.78, 5) is 14.3. The number of aryl methyl sites for hydroxylation is 1. The van der Waals surface area contributed by atoms with Gasteiger partial charge in [0, 0.05) is 18.1 Å². The maximum Gasteiger partial charge on any atom is 0.416 e. The fraction of sp³-hybridized carbons (Fsp3) is 0.350. The summed E-state index contributed by atoms with van der Waals surface area (Å²) < 4.78 is 50.2. The van der Waals surface area contributed by atoms with E-state index in [1.807, 2.05) is 4.90 Å². The van der Waals surface area contributed by atoms with Crippen molar-refractivity contribution < 1.29 is 27.4 Å². The Morgan fingerprint density at radius 2 is 1.93 bits per heavy atom. The average molecular weight is 429 g/mol. The number of hydrogen-bond donors (Lipinski definition) is 1. The second-order valence-corrected chi connectivity index (χ2v) is 7.01. The molecule has 2 aromatic carbocycles. The molecule has 9 heteroatoms. The predicted molar refractivity (Wildman–Crippen MR) is 105 cm³/mol. The summed E-state index contributed by atoms with van der Waals surface area (Å²) in [6, 6.07) is 8.27. The van der Waals surface area contributed by atoms with Crippen molar-refractivity contribution in [3.05, 3.63) is 52.5 Å². The van der Waals surface area contributed by atoms with Crippen LogP contribution in [0.25, 0.3) is 0 Å². The minimum atomic E-state index is -4.51. The summed E-state index contributed by atoms with van der Waals surface area (Å²) in [6.45, 7) is 3.41. The van der Waals surface area contributed by atoms with Crippen LogP contribution in [0.3, 0.4) is 0 Å². The van der Waals surface area contributed by atoms with Crippen LogP contribution in [0, 0.1) is 6.92 Å². The van der Waals surface area contributed by atoms with E-state index in [1.165, 1.54) is 6.07 Å². The lowest BCUT2D eigenvalue weighted by atomic mass is 10.1. The Balaban J connectivity index is 1.76. The van der Waals surface area contributed by atoms with Crippen molar-refractivity contribution in [2.45, 2.75) is 13.1 Å². The van der Waals surface area contributed by atoms with E-state index in [0.717, 1.165) is 17.7 Å². The Hall–Kier alpha value is -2.45. The molecule has 1 saturated heterocycles. The van der Waals surface area contributed by atoms with Crippen LogP contribution in [0.4, 0.5) is 24.5 Å². The molecule has 1 amide bonds. The van der Waals surface area contributed by atoms with Crippen molar-refractivity contribution in [1.82, 2.24) is 0 Å². The zero-order valence-corrected chi connectivity index (χ0v) is 16.4. The van der Waals surface area contributed by atoms with Crippen LogP contribution >= 0.6 is 11.6 Å². The lowest BCUT2D eigenvalue weighted by Crippen LogP contribution is -2.37. The second kappa shape index (κ2) is 8.92. The summed E-state index contributed by atoms with van der Waals surface area (Å²) in [7, 11) is 0. The number of hydrogen-bond acceptors (Lipinski definition) is 4. The Morgan fingerprint density at radius 1 is 1.21 bits per heavy atom. The van der Waals surface area contributed by atoms with Gasteiger partial charge in [0.2, 0.25) is 0 Å². The summed E-state index contributed by atoms with van der Waals surface area (Å²) in [5.41, 5.74) is 0.512. The molecule has 0 atom stereocenters. The Morgan fingerprint density at radius 3 is 2.59 bits per heavy atom. The summed E-state index contributed by atoms with van der Waals surface area (Å²) >= 11 is 5.89. The molecule has 0 saturated carbocycles. The number of carbonyl (C=O) groups excluding carboxylic acids is 1. The normalized spacial score (nSPS) is 14.6. The predicted octanol–water partition coefficient (Wildman–Crippen LogP) is 4.52. The number of alkyl halides is 3. The molecule has 1 aliphatic heterocycles. The smallest absolute Gasteiger partial charge is 0.416 e. The number of benzene rings is 2. The lowest BCUT2D eigenvalue weighted by molar-refractivity contribution is -0.137. The lowest BCUT2D eigenvalue weighted by Gasteiger charge is -2.31. The van der Waals surface area contributed by atoms with Gasteiger partial charge >= 0.3 is 6.18 Å². The molecule has 1 aliphatic rings. The van der Waals surface area contributed by atoms with Crippen molar-refractivity contribution >= 4 is 28.9 Å². The zero-order chi connectivity index (χ0) is 21.0. The van der Waals surface area contributed by atoms with Crippen LogP contribution < -0.4 is 15.0 Å². The van der Waals surface area contributed by atoms with Crippen LogP contribution in [0.2, 0.25) is 5.02 Å². The molecule has 0 bridgehead atoms. The monoisotopic (exact) mass is 428 g/mol. The fourth-order valence-electron chi connectivity index (χ4n) is 3.00. The molecule has 0 aromatic heterocycles. The number of carbonyl (C=O) groups is 1. The standard InChI is InChI=1S/C20H20ClF3N2O3/c1-13-10-15(21)3-5-18(13)29-12-19(27)25-16-11-14(20(22,23)24)2-4-17(16)26-6-8-28-9-7-26/h2-5,10-11H,6-9,12H2,1H3,(H,25,27). The van der Waals surface area contributed by atoms with E-state index in [1.54, 1.807) is 25.1 Å². The number of rotatable bonds is 5. The molecule has 1 fully saturated rings. The molecule has 0 aliphatic carbocycles. The first-order valence-electron chi connectivity index (χ1n) is 8.97. The van der Waals surface area contributed by atoms with Gasteiger partial charge in [-0.1, -0.05) is 11.6 Å². The van der Waals surface area contributed by atoms with Crippen LogP contribution in [0.15, 0.2) is 36.4 Å². The summed E-state index contributed by atoms with van der Waals surface area (Å²) in [6.07, 6.45) is -4.51. The second-order valence-electron chi connectivity index (χ2n) is 6.58. The number of anilines is 2. The maximum atomic E-state index is 13.1. The van der Waals surface area contributed by atoms with Gasteiger partial charge in [-0.05, 0) is 48.9 Å². The fourth-order valence-corrected chi connectivity index (χ4v) is 3.22. The third-order valence-electron chi connectivity index (χ3n) is 4.45. The number of morpholine rings is 1. The quantitative estimate of drug-likeness (QED) is 0.760.